The summed E-state index contributed by atoms with van der Waals surface area (Å²) in [5.74, 6) is 0. The molecule has 0 radical (unpaired) electrons. The van der Waals surface area contributed by atoms with Crippen LogP contribution in [0.5, 0.6) is 0 Å². The first-order chi connectivity index (χ1) is 4.90. The van der Waals surface area contributed by atoms with E-state index in [4.69, 9.17) is 4.74 Å². The number of aryl methyl sites for hydroxylation is 1. The standard InChI is InChI=1S/C8H10OS/c1-2-6-3-4-8(10-6)7-5-9-7/h3-4,7H,2,5H2,1H3/t7-/m0/s1. The number of hydrogen-bond donors (Lipinski definition) is 0. The molecule has 0 aliphatic carbocycles. The quantitative estimate of drug-likeness (QED) is 0.596. The highest BCUT2D eigenvalue weighted by atomic mass is 32.1. The van der Waals surface area contributed by atoms with E-state index in [0.29, 0.717) is 6.10 Å². The van der Waals surface area contributed by atoms with Crippen LogP contribution in [-0.2, 0) is 11.2 Å². The summed E-state index contributed by atoms with van der Waals surface area (Å²) in [6, 6.07) is 4.38. The van der Waals surface area contributed by atoms with Crippen LogP contribution >= 0.6 is 11.3 Å². The first-order valence-corrected chi connectivity index (χ1v) is 4.42. The highest BCUT2D eigenvalue weighted by Gasteiger charge is 2.25. The van der Waals surface area contributed by atoms with Gasteiger partial charge in [0.2, 0.25) is 0 Å². The fourth-order valence-corrected chi connectivity index (χ4v) is 1.96. The average Bonchev–Trinajstić information content (AvgIpc) is 2.70. The van der Waals surface area contributed by atoms with Gasteiger partial charge in [-0.3, -0.25) is 0 Å². The van der Waals surface area contributed by atoms with E-state index in [1.807, 2.05) is 11.3 Å². The minimum absolute atomic E-state index is 0.449. The summed E-state index contributed by atoms with van der Waals surface area (Å²) in [7, 11) is 0. The number of ether oxygens (including phenoxy) is 1. The van der Waals surface area contributed by atoms with Crippen molar-refractivity contribution in [3.8, 4) is 0 Å². The minimum Gasteiger partial charge on any atom is -0.367 e. The van der Waals surface area contributed by atoms with Gasteiger partial charge in [0, 0.05) is 9.75 Å². The molecule has 1 aromatic rings. The smallest absolute Gasteiger partial charge is 0.115 e. The third-order valence-corrected chi connectivity index (χ3v) is 3.00. The lowest BCUT2D eigenvalue weighted by Crippen LogP contribution is -1.67. The second-order valence-electron chi connectivity index (χ2n) is 2.48. The van der Waals surface area contributed by atoms with Gasteiger partial charge >= 0.3 is 0 Å². The summed E-state index contributed by atoms with van der Waals surface area (Å²) in [4.78, 5) is 2.86. The molecule has 0 spiro atoms. The molecular formula is C8H10OS. The van der Waals surface area contributed by atoms with Crippen molar-refractivity contribution in [3.05, 3.63) is 21.9 Å². The van der Waals surface area contributed by atoms with Gasteiger partial charge in [-0.1, -0.05) is 6.92 Å². The predicted octanol–water partition coefficient (Wildman–Crippen LogP) is 2.38. The lowest BCUT2D eigenvalue weighted by Gasteiger charge is -1.84. The summed E-state index contributed by atoms with van der Waals surface area (Å²) in [6.45, 7) is 3.12. The van der Waals surface area contributed by atoms with Crippen LogP contribution in [0.2, 0.25) is 0 Å². The Morgan fingerprint density at radius 1 is 1.70 bits per heavy atom. The van der Waals surface area contributed by atoms with Gasteiger partial charge in [-0.2, -0.15) is 0 Å². The summed E-state index contributed by atoms with van der Waals surface area (Å²) in [6.07, 6.45) is 1.60. The van der Waals surface area contributed by atoms with Crippen LogP contribution < -0.4 is 0 Å². The average molecular weight is 154 g/mol. The van der Waals surface area contributed by atoms with Crippen LogP contribution in [0.1, 0.15) is 22.8 Å². The first-order valence-electron chi connectivity index (χ1n) is 3.60. The Balaban J connectivity index is 2.19. The number of thiophene rings is 1. The largest absolute Gasteiger partial charge is 0.367 e. The van der Waals surface area contributed by atoms with E-state index < -0.39 is 0 Å². The number of epoxide rings is 1. The SMILES string of the molecule is CCc1ccc([C@@H]2CO2)s1. The van der Waals surface area contributed by atoms with E-state index in [9.17, 15) is 0 Å². The van der Waals surface area contributed by atoms with Crippen molar-refractivity contribution in [1.29, 1.82) is 0 Å². The van der Waals surface area contributed by atoms with Crippen LogP contribution in [0.15, 0.2) is 12.1 Å². The predicted molar refractivity (Wildman–Crippen MR) is 42.4 cm³/mol. The Hall–Kier alpha value is -0.340. The molecule has 2 heteroatoms. The van der Waals surface area contributed by atoms with Crippen molar-refractivity contribution in [2.24, 2.45) is 0 Å². The normalized spacial score (nSPS) is 23.1. The molecule has 1 atom stereocenters. The second-order valence-corrected chi connectivity index (χ2v) is 3.68. The molecule has 1 aliphatic heterocycles. The molecule has 2 heterocycles. The molecule has 54 valence electrons. The first kappa shape index (κ1) is 6.38. The molecule has 1 nitrogen and oxygen atoms in total. The van der Waals surface area contributed by atoms with Crippen molar-refractivity contribution < 1.29 is 4.74 Å². The molecule has 0 bridgehead atoms. The third kappa shape index (κ3) is 1.09. The maximum Gasteiger partial charge on any atom is 0.115 e. The Kier molecular flexibility index (Phi) is 1.51. The molecule has 0 N–H and O–H groups in total. The van der Waals surface area contributed by atoms with Gasteiger partial charge in [0.15, 0.2) is 0 Å². The lowest BCUT2D eigenvalue weighted by molar-refractivity contribution is 0.418. The maximum absolute atomic E-state index is 5.16. The Bertz CT molecular complexity index is 225. The summed E-state index contributed by atoms with van der Waals surface area (Å²) in [5.41, 5.74) is 0. The zero-order valence-corrected chi connectivity index (χ0v) is 6.78. The Labute approximate surface area is 64.6 Å². The van der Waals surface area contributed by atoms with Crippen LogP contribution in [0.25, 0.3) is 0 Å². The second kappa shape index (κ2) is 2.36. The molecule has 0 unspecified atom stereocenters. The topological polar surface area (TPSA) is 12.5 Å². The van der Waals surface area contributed by atoms with Gasteiger partial charge < -0.3 is 4.74 Å². The lowest BCUT2D eigenvalue weighted by atomic mass is 10.3. The number of rotatable bonds is 2. The zero-order chi connectivity index (χ0) is 6.97. The van der Waals surface area contributed by atoms with Crippen LogP contribution in [0, 0.1) is 0 Å². The van der Waals surface area contributed by atoms with Crippen molar-refractivity contribution in [3.63, 3.8) is 0 Å². The van der Waals surface area contributed by atoms with Gasteiger partial charge in [-0.05, 0) is 18.6 Å². The fraction of sp³-hybridized carbons (Fsp3) is 0.500. The monoisotopic (exact) mass is 154 g/mol. The third-order valence-electron chi connectivity index (χ3n) is 1.68. The van der Waals surface area contributed by atoms with Crippen LogP contribution in [-0.4, -0.2) is 6.61 Å². The van der Waals surface area contributed by atoms with E-state index >= 15 is 0 Å². The fourth-order valence-electron chi connectivity index (χ4n) is 0.970. The molecule has 2 rings (SSSR count). The van der Waals surface area contributed by atoms with Crippen LogP contribution in [0.3, 0.4) is 0 Å². The van der Waals surface area contributed by atoms with Crippen molar-refractivity contribution in [2.45, 2.75) is 19.4 Å². The molecule has 1 aliphatic rings. The highest BCUT2D eigenvalue weighted by molar-refractivity contribution is 7.12. The van der Waals surface area contributed by atoms with Crippen LogP contribution in [0.4, 0.5) is 0 Å². The van der Waals surface area contributed by atoms with E-state index in [-0.39, 0.29) is 0 Å². The summed E-state index contributed by atoms with van der Waals surface area (Å²) >= 11 is 1.88. The van der Waals surface area contributed by atoms with E-state index in [1.54, 1.807) is 0 Å². The van der Waals surface area contributed by atoms with Crippen molar-refractivity contribution in [1.82, 2.24) is 0 Å². The minimum atomic E-state index is 0.449. The molecule has 10 heavy (non-hydrogen) atoms. The van der Waals surface area contributed by atoms with Gasteiger partial charge in [-0.25, -0.2) is 0 Å². The summed E-state index contributed by atoms with van der Waals surface area (Å²) < 4.78 is 5.16. The highest BCUT2D eigenvalue weighted by Crippen LogP contribution is 2.34. The summed E-state index contributed by atoms with van der Waals surface area (Å²) in [5, 5.41) is 0. The van der Waals surface area contributed by atoms with E-state index in [0.717, 1.165) is 13.0 Å². The Morgan fingerprint density at radius 2 is 2.50 bits per heavy atom. The molecule has 1 fully saturated rings. The molecular weight excluding hydrogens is 144 g/mol. The van der Waals surface area contributed by atoms with Crippen molar-refractivity contribution >= 4 is 11.3 Å². The van der Waals surface area contributed by atoms with Gasteiger partial charge in [0.05, 0.1) is 6.61 Å². The molecule has 0 saturated carbocycles. The van der Waals surface area contributed by atoms with Gasteiger partial charge in [-0.15, -0.1) is 11.3 Å². The van der Waals surface area contributed by atoms with Gasteiger partial charge in [0.1, 0.15) is 6.10 Å². The van der Waals surface area contributed by atoms with E-state index in [2.05, 4.69) is 19.1 Å². The molecule has 0 amide bonds. The van der Waals surface area contributed by atoms with Crippen molar-refractivity contribution in [2.75, 3.05) is 6.61 Å². The molecule has 1 aromatic heterocycles. The molecule has 1 saturated heterocycles. The van der Waals surface area contributed by atoms with Gasteiger partial charge in [0.25, 0.3) is 0 Å². The molecule has 0 aromatic carbocycles. The Morgan fingerprint density at radius 3 is 3.00 bits per heavy atom. The maximum atomic E-state index is 5.16. The number of hydrogen-bond acceptors (Lipinski definition) is 2. The zero-order valence-electron chi connectivity index (χ0n) is 5.96. The van der Waals surface area contributed by atoms with E-state index in [1.165, 1.54) is 9.75 Å².